The number of benzene rings is 3. The number of alkyl carbamates (subject to hydrolysis) is 1. The third-order valence-corrected chi connectivity index (χ3v) is 5.66. The molecule has 0 radical (unpaired) electrons. The second-order valence-electron chi connectivity index (χ2n) is 7.50. The minimum Gasteiger partial charge on any atom is -0.497 e. The Morgan fingerprint density at radius 1 is 0.938 bits per heavy atom. The van der Waals surface area contributed by atoms with E-state index in [-0.39, 0.29) is 12.5 Å². The molecule has 0 bridgehead atoms. The first-order valence-electron chi connectivity index (χ1n) is 10.2. The number of hydrogen-bond acceptors (Lipinski definition) is 5. The molecule has 0 saturated carbocycles. The Kier molecular flexibility index (Phi) is 6.09. The topological polar surface area (TPSA) is 105 Å². The molecule has 1 amide bonds. The predicted molar refractivity (Wildman–Crippen MR) is 118 cm³/mol. The van der Waals surface area contributed by atoms with Gasteiger partial charge in [-0.3, -0.25) is 0 Å². The van der Waals surface area contributed by atoms with Crippen molar-refractivity contribution in [1.82, 2.24) is 5.32 Å². The van der Waals surface area contributed by atoms with Gasteiger partial charge in [0, 0.05) is 5.92 Å². The van der Waals surface area contributed by atoms with Crippen molar-refractivity contribution in [2.45, 2.75) is 18.1 Å². The number of aliphatic hydroxyl groups excluding tert-OH is 1. The lowest BCUT2D eigenvalue weighted by Gasteiger charge is -2.22. The molecule has 7 nitrogen and oxygen atoms in total. The van der Waals surface area contributed by atoms with Gasteiger partial charge >= 0.3 is 12.1 Å². The Morgan fingerprint density at radius 3 is 2.03 bits per heavy atom. The Bertz CT molecular complexity index is 1080. The average Bonchev–Trinajstić information content (AvgIpc) is 3.14. The second kappa shape index (κ2) is 9.11. The van der Waals surface area contributed by atoms with Gasteiger partial charge in [0.25, 0.3) is 0 Å². The molecule has 0 heterocycles. The maximum Gasteiger partial charge on any atom is 0.407 e. The fourth-order valence-corrected chi connectivity index (χ4v) is 4.07. The summed E-state index contributed by atoms with van der Waals surface area (Å²) in [6.45, 7) is 0.0817. The lowest BCUT2D eigenvalue weighted by molar-refractivity contribution is -0.148. The zero-order chi connectivity index (χ0) is 22.7. The number of methoxy groups -OCH3 is 1. The molecule has 0 unspecified atom stereocenters. The highest BCUT2D eigenvalue weighted by molar-refractivity contribution is 5.79. The van der Waals surface area contributed by atoms with E-state index >= 15 is 0 Å². The van der Waals surface area contributed by atoms with Crippen LogP contribution in [0.4, 0.5) is 4.79 Å². The van der Waals surface area contributed by atoms with Crippen LogP contribution in [0.15, 0.2) is 72.8 Å². The summed E-state index contributed by atoms with van der Waals surface area (Å²) in [7, 11) is 1.51. The fraction of sp³-hybridized carbons (Fsp3) is 0.200. The number of ether oxygens (including phenoxy) is 2. The molecule has 0 spiro atoms. The number of nitrogens with one attached hydrogen (secondary N) is 1. The van der Waals surface area contributed by atoms with Crippen LogP contribution in [0.2, 0.25) is 0 Å². The van der Waals surface area contributed by atoms with E-state index in [0.717, 1.165) is 22.3 Å². The number of hydrogen-bond donors (Lipinski definition) is 3. The average molecular weight is 433 g/mol. The summed E-state index contributed by atoms with van der Waals surface area (Å²) in [4.78, 5) is 24.0. The second-order valence-corrected chi connectivity index (χ2v) is 7.50. The molecule has 3 aromatic carbocycles. The van der Waals surface area contributed by atoms with E-state index in [1.54, 1.807) is 24.3 Å². The number of aliphatic carboxylic acids is 1. The van der Waals surface area contributed by atoms with Gasteiger partial charge in [0.1, 0.15) is 12.4 Å². The SMILES string of the molecule is COc1ccc([C@H](NC(=O)OCC2c3ccccc3-c3ccccc32)[C@H](O)C(=O)O)cc1. The van der Waals surface area contributed by atoms with Crippen molar-refractivity contribution < 1.29 is 29.3 Å². The maximum atomic E-state index is 12.6. The number of aliphatic hydroxyl groups is 1. The highest BCUT2D eigenvalue weighted by Gasteiger charge is 2.32. The van der Waals surface area contributed by atoms with Crippen LogP contribution in [0, 0.1) is 0 Å². The molecule has 0 fully saturated rings. The van der Waals surface area contributed by atoms with Crippen LogP contribution in [0.1, 0.15) is 28.7 Å². The summed E-state index contributed by atoms with van der Waals surface area (Å²) in [6, 6.07) is 21.2. The summed E-state index contributed by atoms with van der Waals surface area (Å²) in [5, 5.41) is 21.9. The van der Waals surface area contributed by atoms with E-state index in [1.807, 2.05) is 48.5 Å². The third kappa shape index (κ3) is 4.15. The molecule has 32 heavy (non-hydrogen) atoms. The van der Waals surface area contributed by atoms with Crippen molar-refractivity contribution in [3.63, 3.8) is 0 Å². The Balaban J connectivity index is 1.50. The summed E-state index contributed by atoms with van der Waals surface area (Å²) in [5.74, 6) is -1.01. The fourth-order valence-electron chi connectivity index (χ4n) is 4.07. The van der Waals surface area contributed by atoms with E-state index in [4.69, 9.17) is 9.47 Å². The van der Waals surface area contributed by atoms with Crippen LogP contribution in [0.5, 0.6) is 5.75 Å². The molecule has 7 heteroatoms. The third-order valence-electron chi connectivity index (χ3n) is 5.66. The van der Waals surface area contributed by atoms with E-state index in [0.29, 0.717) is 11.3 Å². The number of carbonyl (C=O) groups is 2. The first-order chi connectivity index (χ1) is 15.5. The van der Waals surface area contributed by atoms with Crippen LogP contribution in [0.3, 0.4) is 0 Å². The van der Waals surface area contributed by atoms with Gasteiger partial charge in [0.2, 0.25) is 0 Å². The molecule has 1 aliphatic rings. The van der Waals surface area contributed by atoms with Gasteiger partial charge in [0.05, 0.1) is 13.2 Å². The molecular weight excluding hydrogens is 410 g/mol. The van der Waals surface area contributed by atoms with Crippen LogP contribution in [-0.4, -0.2) is 42.1 Å². The molecule has 1 aliphatic carbocycles. The number of fused-ring (bicyclic) bond motifs is 3. The molecular formula is C25H23NO6. The summed E-state index contributed by atoms with van der Waals surface area (Å²) in [5.41, 5.74) is 4.76. The van der Waals surface area contributed by atoms with Gasteiger partial charge < -0.3 is 25.0 Å². The van der Waals surface area contributed by atoms with Crippen molar-refractivity contribution in [2.75, 3.05) is 13.7 Å². The lowest BCUT2D eigenvalue weighted by Crippen LogP contribution is -2.40. The minimum atomic E-state index is -1.84. The summed E-state index contributed by atoms with van der Waals surface area (Å²) >= 11 is 0. The predicted octanol–water partition coefficient (Wildman–Crippen LogP) is 3.72. The van der Waals surface area contributed by atoms with Crippen LogP contribution < -0.4 is 10.1 Å². The Morgan fingerprint density at radius 2 is 1.50 bits per heavy atom. The first kappa shape index (κ1) is 21.4. The minimum absolute atomic E-state index is 0.0817. The van der Waals surface area contributed by atoms with Gasteiger partial charge in [0.15, 0.2) is 6.10 Å². The molecule has 3 aromatic rings. The zero-order valence-corrected chi connectivity index (χ0v) is 17.4. The van der Waals surface area contributed by atoms with Crippen LogP contribution in [0.25, 0.3) is 11.1 Å². The van der Waals surface area contributed by atoms with Gasteiger partial charge in [-0.05, 0) is 39.9 Å². The number of carboxylic acid groups (broad SMARTS) is 1. The van der Waals surface area contributed by atoms with Crippen molar-refractivity contribution in [2.24, 2.45) is 0 Å². The lowest BCUT2D eigenvalue weighted by atomic mass is 9.98. The van der Waals surface area contributed by atoms with Gasteiger partial charge in [-0.15, -0.1) is 0 Å². The largest absolute Gasteiger partial charge is 0.497 e. The molecule has 0 saturated heterocycles. The number of amides is 1. The summed E-state index contributed by atoms with van der Waals surface area (Å²) < 4.78 is 10.6. The van der Waals surface area contributed by atoms with E-state index in [1.165, 1.54) is 7.11 Å². The number of carboxylic acids is 1. The quantitative estimate of drug-likeness (QED) is 0.525. The number of carbonyl (C=O) groups excluding carboxylic acids is 1. The van der Waals surface area contributed by atoms with Crippen molar-refractivity contribution in [1.29, 1.82) is 0 Å². The van der Waals surface area contributed by atoms with Crippen LogP contribution >= 0.6 is 0 Å². The Hall–Kier alpha value is -3.84. The standard InChI is InChI=1S/C25H23NO6/c1-31-16-12-10-15(11-13-16)22(23(27)24(28)29)26-25(30)32-14-21-19-8-4-2-6-17(19)18-7-3-5-9-20(18)21/h2-13,21-23,27H,14H2,1H3,(H,26,30)(H,28,29)/t22-,23-/m0/s1. The highest BCUT2D eigenvalue weighted by Crippen LogP contribution is 2.44. The Labute approximate surface area is 185 Å². The number of rotatable bonds is 7. The molecule has 0 aliphatic heterocycles. The van der Waals surface area contributed by atoms with E-state index in [2.05, 4.69) is 5.32 Å². The monoisotopic (exact) mass is 433 g/mol. The summed E-state index contributed by atoms with van der Waals surface area (Å²) in [6.07, 6.45) is -2.66. The van der Waals surface area contributed by atoms with Crippen molar-refractivity contribution >= 4 is 12.1 Å². The van der Waals surface area contributed by atoms with Crippen LogP contribution in [-0.2, 0) is 9.53 Å². The van der Waals surface area contributed by atoms with Gasteiger partial charge in [-0.1, -0.05) is 60.7 Å². The first-order valence-corrected chi connectivity index (χ1v) is 10.2. The highest BCUT2D eigenvalue weighted by atomic mass is 16.5. The molecule has 4 rings (SSSR count). The van der Waals surface area contributed by atoms with Crippen molar-refractivity contribution in [3.8, 4) is 16.9 Å². The molecule has 164 valence electrons. The molecule has 0 aromatic heterocycles. The normalized spacial score (nSPS) is 14.1. The molecule has 2 atom stereocenters. The van der Waals surface area contributed by atoms with E-state index < -0.39 is 24.2 Å². The molecule has 3 N–H and O–H groups in total. The van der Waals surface area contributed by atoms with Gasteiger partial charge in [-0.2, -0.15) is 0 Å². The van der Waals surface area contributed by atoms with Crippen molar-refractivity contribution in [3.05, 3.63) is 89.5 Å². The van der Waals surface area contributed by atoms with Gasteiger partial charge in [-0.25, -0.2) is 9.59 Å². The van der Waals surface area contributed by atoms with E-state index in [9.17, 15) is 19.8 Å². The zero-order valence-electron chi connectivity index (χ0n) is 17.4. The smallest absolute Gasteiger partial charge is 0.407 e. The maximum absolute atomic E-state index is 12.6.